The molecule has 0 aliphatic carbocycles. The van der Waals surface area contributed by atoms with Gasteiger partial charge in [-0.25, -0.2) is 0 Å². The Morgan fingerprint density at radius 1 is 0.947 bits per heavy atom. The number of thioether (sulfide) groups is 1. The number of ether oxygens (including phenoxy) is 2. The molecule has 2 amide bonds. The van der Waals surface area contributed by atoms with Gasteiger partial charge in [0, 0.05) is 0 Å². The third-order valence-electron chi connectivity index (χ3n) is 6.22. The molecule has 1 fully saturated rings. The zero-order chi connectivity index (χ0) is 26.6. The standard InChI is InChI=1S/C31H26INO4S/c1-3-36-27-16-22(17-28-30(34)33(31(35)38-28)18-21-13-11-20(2)12-14-21)15-26(32)29(27)37-19-24-9-6-8-23-7-4-5-10-25(23)24/h4-17H,3,18-19H2,1-2H3/b28-17-. The lowest BCUT2D eigenvalue weighted by atomic mass is 10.1. The van der Waals surface area contributed by atoms with Crippen LogP contribution in [0.3, 0.4) is 0 Å². The Bertz CT molecular complexity index is 1540. The van der Waals surface area contributed by atoms with Crippen LogP contribution < -0.4 is 9.47 Å². The Balaban J connectivity index is 1.38. The van der Waals surface area contributed by atoms with Crippen LogP contribution in [-0.4, -0.2) is 22.7 Å². The maximum absolute atomic E-state index is 13.1. The summed E-state index contributed by atoms with van der Waals surface area (Å²) >= 11 is 3.19. The zero-order valence-corrected chi connectivity index (χ0v) is 24.0. The van der Waals surface area contributed by atoms with Crippen molar-refractivity contribution < 1.29 is 19.1 Å². The number of imide groups is 1. The van der Waals surface area contributed by atoms with Crippen LogP contribution in [0, 0.1) is 10.5 Å². The predicted octanol–water partition coefficient (Wildman–Crippen LogP) is 7.97. The maximum atomic E-state index is 13.1. The third-order valence-corrected chi connectivity index (χ3v) is 7.92. The molecule has 0 atom stereocenters. The molecule has 5 rings (SSSR count). The molecule has 1 heterocycles. The number of rotatable bonds is 8. The van der Waals surface area contributed by atoms with Gasteiger partial charge in [0.05, 0.1) is 21.6 Å². The van der Waals surface area contributed by atoms with Gasteiger partial charge in [0.1, 0.15) is 6.61 Å². The lowest BCUT2D eigenvalue weighted by Gasteiger charge is -2.16. The van der Waals surface area contributed by atoms with E-state index in [9.17, 15) is 9.59 Å². The fourth-order valence-electron chi connectivity index (χ4n) is 4.31. The summed E-state index contributed by atoms with van der Waals surface area (Å²) in [7, 11) is 0. The minimum absolute atomic E-state index is 0.255. The van der Waals surface area contributed by atoms with Crippen molar-refractivity contribution in [1.29, 1.82) is 0 Å². The van der Waals surface area contributed by atoms with Crippen molar-refractivity contribution in [2.75, 3.05) is 6.61 Å². The fourth-order valence-corrected chi connectivity index (χ4v) is 5.93. The zero-order valence-electron chi connectivity index (χ0n) is 21.1. The second kappa shape index (κ2) is 11.6. The Hall–Kier alpha value is -3.30. The SMILES string of the molecule is CCOc1cc(/C=C2\SC(=O)N(Cc3ccc(C)cc3)C2=O)cc(I)c1OCc1cccc2ccccc12. The highest BCUT2D eigenvalue weighted by atomic mass is 127. The summed E-state index contributed by atoms with van der Waals surface area (Å²) in [6.07, 6.45) is 1.75. The summed E-state index contributed by atoms with van der Waals surface area (Å²) in [6.45, 7) is 5.05. The molecule has 0 bridgehead atoms. The van der Waals surface area contributed by atoms with Gasteiger partial charge in [-0.15, -0.1) is 0 Å². The van der Waals surface area contributed by atoms with Crippen molar-refractivity contribution in [3.05, 3.63) is 110 Å². The molecule has 4 aromatic carbocycles. The number of amides is 2. The van der Waals surface area contributed by atoms with Crippen molar-refractivity contribution in [3.8, 4) is 11.5 Å². The third kappa shape index (κ3) is 5.73. The number of halogens is 1. The monoisotopic (exact) mass is 635 g/mol. The molecule has 5 nitrogen and oxygen atoms in total. The van der Waals surface area contributed by atoms with Gasteiger partial charge in [-0.05, 0) is 93.9 Å². The number of aryl methyl sites for hydroxylation is 1. The quantitative estimate of drug-likeness (QED) is 0.145. The van der Waals surface area contributed by atoms with E-state index in [0.717, 1.165) is 43.0 Å². The van der Waals surface area contributed by atoms with E-state index < -0.39 is 0 Å². The lowest BCUT2D eigenvalue weighted by molar-refractivity contribution is -0.123. The van der Waals surface area contributed by atoms with E-state index in [-0.39, 0.29) is 17.7 Å². The molecular formula is C31H26INO4S. The average molecular weight is 636 g/mol. The van der Waals surface area contributed by atoms with E-state index in [0.29, 0.717) is 29.6 Å². The molecule has 0 spiro atoms. The molecule has 0 unspecified atom stereocenters. The van der Waals surface area contributed by atoms with Gasteiger partial charge < -0.3 is 9.47 Å². The molecule has 1 aliphatic heterocycles. The lowest BCUT2D eigenvalue weighted by Crippen LogP contribution is -2.27. The first-order chi connectivity index (χ1) is 18.4. The molecular weight excluding hydrogens is 609 g/mol. The summed E-state index contributed by atoms with van der Waals surface area (Å²) in [4.78, 5) is 27.4. The summed E-state index contributed by atoms with van der Waals surface area (Å²) in [5, 5.41) is 2.05. The Kier molecular flexibility index (Phi) is 8.04. The molecule has 38 heavy (non-hydrogen) atoms. The van der Waals surface area contributed by atoms with Crippen molar-refractivity contribution in [2.45, 2.75) is 27.0 Å². The molecule has 0 aromatic heterocycles. The van der Waals surface area contributed by atoms with Crippen LogP contribution in [0.25, 0.3) is 16.8 Å². The topological polar surface area (TPSA) is 55.8 Å². The molecule has 7 heteroatoms. The van der Waals surface area contributed by atoms with E-state index in [1.165, 1.54) is 10.3 Å². The van der Waals surface area contributed by atoms with Gasteiger partial charge in [0.25, 0.3) is 11.1 Å². The molecule has 192 valence electrons. The largest absolute Gasteiger partial charge is 0.490 e. The van der Waals surface area contributed by atoms with Crippen molar-refractivity contribution in [3.63, 3.8) is 0 Å². The second-order valence-corrected chi connectivity index (χ2v) is 11.1. The van der Waals surface area contributed by atoms with Gasteiger partial charge in [0.15, 0.2) is 11.5 Å². The molecule has 0 radical (unpaired) electrons. The molecule has 1 saturated heterocycles. The summed E-state index contributed by atoms with van der Waals surface area (Å²) < 4.78 is 13.1. The molecule has 0 saturated carbocycles. The number of benzene rings is 4. The highest BCUT2D eigenvalue weighted by Crippen LogP contribution is 2.38. The summed E-state index contributed by atoms with van der Waals surface area (Å²) in [5.74, 6) is 0.972. The highest BCUT2D eigenvalue weighted by molar-refractivity contribution is 14.1. The van der Waals surface area contributed by atoms with Gasteiger partial charge in [-0.2, -0.15) is 0 Å². The van der Waals surface area contributed by atoms with Crippen molar-refractivity contribution >= 4 is 62.3 Å². The Morgan fingerprint density at radius 2 is 1.71 bits per heavy atom. The first-order valence-electron chi connectivity index (χ1n) is 12.3. The summed E-state index contributed by atoms with van der Waals surface area (Å²) in [5.41, 5.74) is 3.91. The van der Waals surface area contributed by atoms with Crippen LogP contribution in [0.1, 0.15) is 29.2 Å². The maximum Gasteiger partial charge on any atom is 0.293 e. The first-order valence-corrected chi connectivity index (χ1v) is 14.2. The second-order valence-electron chi connectivity index (χ2n) is 8.94. The number of nitrogens with zero attached hydrogens (tertiary/aromatic N) is 1. The van der Waals surface area contributed by atoms with Crippen LogP contribution in [0.4, 0.5) is 4.79 Å². The molecule has 0 N–H and O–H groups in total. The minimum atomic E-state index is -0.287. The number of hydrogen-bond acceptors (Lipinski definition) is 5. The number of carbonyl (C=O) groups excluding carboxylic acids is 2. The molecule has 1 aliphatic rings. The first kappa shape index (κ1) is 26.3. The Labute approximate surface area is 240 Å². The van der Waals surface area contributed by atoms with Crippen LogP contribution in [0.2, 0.25) is 0 Å². The van der Waals surface area contributed by atoms with Crippen LogP contribution >= 0.6 is 34.4 Å². The van der Waals surface area contributed by atoms with E-state index >= 15 is 0 Å². The predicted molar refractivity (Wildman–Crippen MR) is 161 cm³/mol. The van der Waals surface area contributed by atoms with E-state index in [4.69, 9.17) is 9.47 Å². The molecule has 4 aromatic rings. The number of carbonyl (C=O) groups is 2. The van der Waals surface area contributed by atoms with Crippen molar-refractivity contribution in [2.24, 2.45) is 0 Å². The highest BCUT2D eigenvalue weighted by Gasteiger charge is 2.35. The van der Waals surface area contributed by atoms with Crippen LogP contribution in [0.15, 0.2) is 83.8 Å². The van der Waals surface area contributed by atoms with Crippen LogP contribution in [-0.2, 0) is 17.9 Å². The van der Waals surface area contributed by atoms with Gasteiger partial charge in [-0.3, -0.25) is 14.5 Å². The average Bonchev–Trinajstić information content (AvgIpc) is 3.17. The van der Waals surface area contributed by atoms with E-state index in [1.54, 1.807) is 6.08 Å². The normalized spacial score (nSPS) is 14.5. The van der Waals surface area contributed by atoms with Crippen molar-refractivity contribution in [1.82, 2.24) is 4.90 Å². The van der Waals surface area contributed by atoms with Gasteiger partial charge in [-0.1, -0.05) is 72.3 Å². The number of fused-ring (bicyclic) bond motifs is 1. The van der Waals surface area contributed by atoms with Crippen LogP contribution in [0.5, 0.6) is 11.5 Å². The smallest absolute Gasteiger partial charge is 0.293 e. The van der Waals surface area contributed by atoms with E-state index in [2.05, 4.69) is 46.9 Å². The minimum Gasteiger partial charge on any atom is -0.490 e. The van der Waals surface area contributed by atoms with Gasteiger partial charge >= 0.3 is 0 Å². The fraction of sp³-hybridized carbons (Fsp3) is 0.161. The number of hydrogen-bond donors (Lipinski definition) is 0. The Morgan fingerprint density at radius 3 is 2.50 bits per heavy atom. The van der Waals surface area contributed by atoms with Gasteiger partial charge in [0.2, 0.25) is 0 Å². The van der Waals surface area contributed by atoms with E-state index in [1.807, 2.05) is 68.4 Å². The summed E-state index contributed by atoms with van der Waals surface area (Å²) in [6, 6.07) is 26.1.